The first kappa shape index (κ1) is 15.0. The molecule has 0 saturated carbocycles. The Morgan fingerprint density at radius 1 is 1.50 bits per heavy atom. The smallest absolute Gasteiger partial charge is 0.335 e. The van der Waals surface area contributed by atoms with Crippen LogP contribution in [-0.2, 0) is 6.61 Å². The Morgan fingerprint density at radius 2 is 2.25 bits per heavy atom. The van der Waals surface area contributed by atoms with Crippen molar-refractivity contribution in [1.82, 2.24) is 4.98 Å². The van der Waals surface area contributed by atoms with Crippen LogP contribution in [0.25, 0.3) is 0 Å². The Bertz CT molecular complexity index is 625. The van der Waals surface area contributed by atoms with Crippen molar-refractivity contribution in [3.05, 3.63) is 44.3 Å². The van der Waals surface area contributed by atoms with Crippen LogP contribution in [0.1, 0.15) is 40.8 Å². The largest absolute Gasteiger partial charge is 0.486 e. The fourth-order valence-electron chi connectivity index (χ4n) is 1.55. The second-order valence-electron chi connectivity index (χ2n) is 4.57. The monoisotopic (exact) mass is 355 g/mol. The van der Waals surface area contributed by atoms with Gasteiger partial charge in [0.25, 0.3) is 0 Å². The standard InChI is InChI=1S/C14H14BrNO3S/c1-8(2)13-16-10(7-20-13)6-19-12-5-9(14(17)18)3-4-11(12)15/h3-5,7-8H,6H2,1-2H3,(H,17,18). The Hall–Kier alpha value is -1.40. The summed E-state index contributed by atoms with van der Waals surface area (Å²) in [4.78, 5) is 15.4. The van der Waals surface area contributed by atoms with Crippen LogP contribution in [0.5, 0.6) is 5.75 Å². The number of carbonyl (C=O) groups is 1. The van der Waals surface area contributed by atoms with Crippen LogP contribution in [-0.4, -0.2) is 16.1 Å². The first-order valence-electron chi connectivity index (χ1n) is 6.07. The maximum Gasteiger partial charge on any atom is 0.335 e. The van der Waals surface area contributed by atoms with E-state index in [-0.39, 0.29) is 5.56 Å². The minimum absolute atomic E-state index is 0.198. The van der Waals surface area contributed by atoms with E-state index >= 15 is 0 Å². The van der Waals surface area contributed by atoms with E-state index in [0.717, 1.165) is 15.2 Å². The van der Waals surface area contributed by atoms with Gasteiger partial charge in [0.2, 0.25) is 0 Å². The highest BCUT2D eigenvalue weighted by atomic mass is 79.9. The molecule has 0 amide bonds. The van der Waals surface area contributed by atoms with Gasteiger partial charge in [0.15, 0.2) is 0 Å². The third-order valence-electron chi connectivity index (χ3n) is 2.62. The fourth-order valence-corrected chi connectivity index (χ4v) is 2.73. The molecule has 0 bridgehead atoms. The average Bonchev–Trinajstić information content (AvgIpc) is 2.86. The van der Waals surface area contributed by atoms with Crippen LogP contribution in [0.15, 0.2) is 28.1 Å². The van der Waals surface area contributed by atoms with E-state index in [2.05, 4.69) is 34.8 Å². The number of benzene rings is 1. The van der Waals surface area contributed by atoms with Gasteiger partial charge in [-0.3, -0.25) is 0 Å². The van der Waals surface area contributed by atoms with Crippen molar-refractivity contribution in [2.75, 3.05) is 0 Å². The van der Waals surface area contributed by atoms with Gasteiger partial charge in [0.1, 0.15) is 12.4 Å². The second-order valence-corrected chi connectivity index (χ2v) is 6.31. The van der Waals surface area contributed by atoms with Gasteiger partial charge < -0.3 is 9.84 Å². The highest BCUT2D eigenvalue weighted by Crippen LogP contribution is 2.27. The summed E-state index contributed by atoms with van der Waals surface area (Å²) >= 11 is 4.95. The van der Waals surface area contributed by atoms with E-state index in [0.29, 0.717) is 18.3 Å². The number of aromatic carboxylic acids is 1. The van der Waals surface area contributed by atoms with Gasteiger partial charge in [-0.25, -0.2) is 9.78 Å². The SMILES string of the molecule is CC(C)c1nc(COc2cc(C(=O)O)ccc2Br)cs1. The average molecular weight is 356 g/mol. The molecular formula is C14H14BrNO3S. The molecule has 1 heterocycles. The summed E-state index contributed by atoms with van der Waals surface area (Å²) in [5.41, 5.74) is 1.05. The third-order valence-corrected chi connectivity index (χ3v) is 4.47. The van der Waals surface area contributed by atoms with Gasteiger partial charge in [-0.05, 0) is 34.1 Å². The molecule has 0 unspecified atom stereocenters. The first-order chi connectivity index (χ1) is 9.47. The Morgan fingerprint density at radius 3 is 2.85 bits per heavy atom. The molecule has 0 radical (unpaired) electrons. The van der Waals surface area contributed by atoms with Gasteiger partial charge in [0, 0.05) is 11.3 Å². The molecule has 0 aliphatic rings. The zero-order valence-electron chi connectivity index (χ0n) is 11.1. The minimum Gasteiger partial charge on any atom is -0.486 e. The molecule has 106 valence electrons. The van der Waals surface area contributed by atoms with Crippen molar-refractivity contribution in [3.63, 3.8) is 0 Å². The second kappa shape index (κ2) is 6.37. The summed E-state index contributed by atoms with van der Waals surface area (Å²) in [6, 6.07) is 4.69. The van der Waals surface area contributed by atoms with E-state index in [1.54, 1.807) is 17.4 Å². The minimum atomic E-state index is -0.974. The summed E-state index contributed by atoms with van der Waals surface area (Å²) in [6.45, 7) is 4.51. The van der Waals surface area contributed by atoms with Crippen LogP contribution in [0.4, 0.5) is 0 Å². The lowest BCUT2D eigenvalue weighted by atomic mass is 10.2. The lowest BCUT2D eigenvalue weighted by Gasteiger charge is -2.07. The van der Waals surface area contributed by atoms with Crippen LogP contribution in [0.2, 0.25) is 0 Å². The fraction of sp³-hybridized carbons (Fsp3) is 0.286. The third kappa shape index (κ3) is 3.58. The van der Waals surface area contributed by atoms with E-state index in [1.165, 1.54) is 12.1 Å². The molecule has 0 spiro atoms. The number of hydrogen-bond donors (Lipinski definition) is 1. The van der Waals surface area contributed by atoms with Crippen LogP contribution < -0.4 is 4.74 Å². The van der Waals surface area contributed by atoms with Gasteiger partial charge in [-0.2, -0.15) is 0 Å². The number of thiazole rings is 1. The van der Waals surface area contributed by atoms with Crippen LogP contribution in [0, 0.1) is 0 Å². The number of hydrogen-bond acceptors (Lipinski definition) is 4. The molecule has 2 rings (SSSR count). The number of ether oxygens (including phenoxy) is 1. The number of nitrogens with zero attached hydrogens (tertiary/aromatic N) is 1. The van der Waals surface area contributed by atoms with Crippen molar-refractivity contribution in [3.8, 4) is 5.75 Å². The van der Waals surface area contributed by atoms with Crippen molar-refractivity contribution in [1.29, 1.82) is 0 Å². The molecule has 0 aliphatic carbocycles. The number of aromatic nitrogens is 1. The summed E-state index contributed by atoms with van der Waals surface area (Å²) in [6.07, 6.45) is 0. The van der Waals surface area contributed by atoms with Gasteiger partial charge in [-0.1, -0.05) is 13.8 Å². The zero-order chi connectivity index (χ0) is 14.7. The van der Waals surface area contributed by atoms with Crippen LogP contribution >= 0.6 is 27.3 Å². The molecule has 6 heteroatoms. The molecule has 20 heavy (non-hydrogen) atoms. The number of halogens is 1. The number of rotatable bonds is 5. The van der Waals surface area contributed by atoms with Gasteiger partial charge in [0.05, 0.1) is 20.7 Å². The van der Waals surface area contributed by atoms with Gasteiger partial charge in [-0.15, -0.1) is 11.3 Å². The molecule has 0 atom stereocenters. The zero-order valence-corrected chi connectivity index (χ0v) is 13.5. The van der Waals surface area contributed by atoms with E-state index in [9.17, 15) is 4.79 Å². The summed E-state index contributed by atoms with van der Waals surface area (Å²) < 4.78 is 6.36. The molecule has 1 aromatic carbocycles. The number of carboxylic acid groups (broad SMARTS) is 1. The predicted octanol–water partition coefficient (Wildman–Crippen LogP) is 4.31. The lowest BCUT2D eigenvalue weighted by Crippen LogP contribution is -2.00. The van der Waals surface area contributed by atoms with E-state index in [4.69, 9.17) is 9.84 Å². The molecule has 0 aliphatic heterocycles. The maximum absolute atomic E-state index is 10.9. The lowest BCUT2D eigenvalue weighted by molar-refractivity contribution is 0.0696. The molecular weight excluding hydrogens is 342 g/mol. The van der Waals surface area contributed by atoms with E-state index in [1.807, 2.05) is 5.38 Å². The van der Waals surface area contributed by atoms with Crippen molar-refractivity contribution in [2.45, 2.75) is 26.4 Å². The molecule has 0 fully saturated rings. The van der Waals surface area contributed by atoms with Crippen molar-refractivity contribution in [2.24, 2.45) is 0 Å². The van der Waals surface area contributed by atoms with Crippen molar-refractivity contribution < 1.29 is 14.6 Å². The quantitative estimate of drug-likeness (QED) is 0.868. The summed E-state index contributed by atoms with van der Waals surface area (Å²) in [5, 5.41) is 12.0. The van der Waals surface area contributed by atoms with Crippen LogP contribution in [0.3, 0.4) is 0 Å². The number of carboxylic acids is 1. The molecule has 0 saturated heterocycles. The highest BCUT2D eigenvalue weighted by Gasteiger charge is 2.10. The normalized spacial score (nSPS) is 10.8. The van der Waals surface area contributed by atoms with Gasteiger partial charge >= 0.3 is 5.97 Å². The molecule has 2 aromatic rings. The Balaban J connectivity index is 2.09. The molecule has 4 nitrogen and oxygen atoms in total. The summed E-state index contributed by atoms with van der Waals surface area (Å²) in [5.74, 6) is -0.0714. The Kier molecular flexibility index (Phi) is 4.77. The highest BCUT2D eigenvalue weighted by molar-refractivity contribution is 9.10. The Labute approximate surface area is 129 Å². The van der Waals surface area contributed by atoms with Crippen molar-refractivity contribution >= 4 is 33.2 Å². The molecule has 1 aromatic heterocycles. The summed E-state index contributed by atoms with van der Waals surface area (Å²) in [7, 11) is 0. The molecule has 1 N–H and O–H groups in total. The van der Waals surface area contributed by atoms with E-state index < -0.39 is 5.97 Å². The first-order valence-corrected chi connectivity index (χ1v) is 7.74. The topological polar surface area (TPSA) is 59.4 Å². The predicted molar refractivity (Wildman–Crippen MR) is 81.6 cm³/mol. The maximum atomic E-state index is 10.9.